The van der Waals surface area contributed by atoms with Crippen LogP contribution in [0.1, 0.15) is 32.1 Å². The van der Waals surface area contributed by atoms with Crippen LogP contribution in [0.5, 0.6) is 11.5 Å². The molecule has 0 saturated heterocycles. The zero-order valence-corrected chi connectivity index (χ0v) is 15.8. The Morgan fingerprint density at radius 2 is 1.92 bits per heavy atom. The van der Waals surface area contributed by atoms with Crippen LogP contribution in [0, 0.1) is 20.8 Å². The predicted octanol–water partition coefficient (Wildman–Crippen LogP) is 3.92. The molecule has 0 radical (unpaired) electrons. The molecule has 0 spiro atoms. The summed E-state index contributed by atoms with van der Waals surface area (Å²) in [6, 6.07) is 7.80. The van der Waals surface area contributed by atoms with Gasteiger partial charge in [0.2, 0.25) is 0 Å². The molecular formula is C20H20N2O3S. The summed E-state index contributed by atoms with van der Waals surface area (Å²) in [7, 11) is 0. The van der Waals surface area contributed by atoms with E-state index in [0.717, 1.165) is 49.0 Å². The average Bonchev–Trinajstić information content (AvgIpc) is 2.96. The quantitative estimate of drug-likeness (QED) is 0.761. The first-order valence-corrected chi connectivity index (χ1v) is 9.38. The minimum Gasteiger partial charge on any atom is -0.486 e. The third-order valence-corrected chi connectivity index (χ3v) is 5.68. The van der Waals surface area contributed by atoms with Gasteiger partial charge in [-0.2, -0.15) is 0 Å². The van der Waals surface area contributed by atoms with Crippen molar-refractivity contribution in [2.75, 3.05) is 13.2 Å². The molecule has 0 unspecified atom stereocenters. The highest BCUT2D eigenvalue weighted by atomic mass is 32.1. The number of hydrogen-bond acceptors (Lipinski definition) is 5. The fourth-order valence-corrected chi connectivity index (χ4v) is 4.52. The largest absolute Gasteiger partial charge is 0.486 e. The van der Waals surface area contributed by atoms with Crippen LogP contribution in [0.3, 0.4) is 0 Å². The molecule has 26 heavy (non-hydrogen) atoms. The van der Waals surface area contributed by atoms with Crippen LogP contribution in [0.4, 0.5) is 0 Å². The molecule has 0 bridgehead atoms. The lowest BCUT2D eigenvalue weighted by Gasteiger charge is -2.18. The lowest BCUT2D eigenvalue weighted by Crippen LogP contribution is -2.22. The van der Waals surface area contributed by atoms with Crippen molar-refractivity contribution >= 4 is 27.5 Å². The number of aromatic nitrogens is 1. The van der Waals surface area contributed by atoms with Crippen molar-refractivity contribution < 1.29 is 14.3 Å². The monoisotopic (exact) mass is 368 g/mol. The number of ether oxygens (including phenoxy) is 2. The van der Waals surface area contributed by atoms with Gasteiger partial charge in [0, 0.05) is 17.6 Å². The highest BCUT2D eigenvalue weighted by Gasteiger charge is 2.18. The second kappa shape index (κ2) is 6.61. The van der Waals surface area contributed by atoms with Gasteiger partial charge in [-0.1, -0.05) is 6.07 Å². The Morgan fingerprint density at radius 3 is 2.73 bits per heavy atom. The smallest absolute Gasteiger partial charge is 0.261 e. The molecule has 0 aliphatic carbocycles. The number of carbonyl (C=O) groups excluding carboxylic acids is 1. The Labute approximate surface area is 156 Å². The molecule has 1 amide bonds. The molecule has 0 atom stereocenters. The van der Waals surface area contributed by atoms with Crippen LogP contribution in [0.15, 0.2) is 24.3 Å². The molecule has 6 heteroatoms. The van der Waals surface area contributed by atoms with Gasteiger partial charge in [0.25, 0.3) is 5.91 Å². The summed E-state index contributed by atoms with van der Waals surface area (Å²) in [6.07, 6.45) is 0. The molecule has 3 heterocycles. The van der Waals surface area contributed by atoms with Crippen LogP contribution < -0.4 is 14.8 Å². The van der Waals surface area contributed by atoms with Crippen LogP contribution in [-0.4, -0.2) is 24.1 Å². The van der Waals surface area contributed by atoms with Gasteiger partial charge in [-0.3, -0.25) is 4.79 Å². The van der Waals surface area contributed by atoms with Gasteiger partial charge < -0.3 is 14.8 Å². The predicted molar refractivity (Wildman–Crippen MR) is 102 cm³/mol. The van der Waals surface area contributed by atoms with Crippen molar-refractivity contribution in [2.24, 2.45) is 0 Å². The van der Waals surface area contributed by atoms with E-state index in [9.17, 15) is 4.79 Å². The zero-order chi connectivity index (χ0) is 18.3. The van der Waals surface area contributed by atoms with Gasteiger partial charge >= 0.3 is 0 Å². The van der Waals surface area contributed by atoms with E-state index in [-0.39, 0.29) is 5.91 Å². The Hall–Kier alpha value is -2.60. The molecule has 1 aromatic carbocycles. The normalized spacial score (nSPS) is 13.0. The van der Waals surface area contributed by atoms with E-state index in [2.05, 4.69) is 23.3 Å². The number of aryl methyl sites for hydroxylation is 3. The summed E-state index contributed by atoms with van der Waals surface area (Å²) in [6.45, 7) is 7.59. The maximum absolute atomic E-state index is 12.7. The number of carbonyl (C=O) groups is 1. The van der Waals surface area contributed by atoms with Crippen LogP contribution in [0.25, 0.3) is 10.2 Å². The Kier molecular flexibility index (Phi) is 4.28. The lowest BCUT2D eigenvalue weighted by molar-refractivity contribution is 0.0954. The molecule has 134 valence electrons. The highest BCUT2D eigenvalue weighted by molar-refractivity contribution is 7.20. The maximum atomic E-state index is 12.7. The molecule has 0 saturated carbocycles. The number of thiophene rings is 1. The summed E-state index contributed by atoms with van der Waals surface area (Å²) >= 11 is 1.45. The van der Waals surface area contributed by atoms with E-state index in [1.165, 1.54) is 11.3 Å². The minimum atomic E-state index is -0.0718. The summed E-state index contributed by atoms with van der Waals surface area (Å²) in [4.78, 5) is 18.9. The fraction of sp³-hybridized carbons (Fsp3) is 0.300. The maximum Gasteiger partial charge on any atom is 0.261 e. The third kappa shape index (κ3) is 3.01. The first kappa shape index (κ1) is 16.8. The van der Waals surface area contributed by atoms with Crippen molar-refractivity contribution in [1.82, 2.24) is 10.3 Å². The average molecular weight is 368 g/mol. The first-order chi connectivity index (χ1) is 12.5. The van der Waals surface area contributed by atoms with Gasteiger partial charge in [-0.05, 0) is 55.7 Å². The van der Waals surface area contributed by atoms with Crippen molar-refractivity contribution in [3.63, 3.8) is 0 Å². The number of fused-ring (bicyclic) bond motifs is 2. The Balaban J connectivity index is 1.54. The molecule has 4 rings (SSSR count). The van der Waals surface area contributed by atoms with Crippen molar-refractivity contribution in [3.8, 4) is 11.5 Å². The Bertz CT molecular complexity index is 1010. The Morgan fingerprint density at radius 1 is 1.15 bits per heavy atom. The van der Waals surface area contributed by atoms with E-state index in [1.807, 2.05) is 32.0 Å². The summed E-state index contributed by atoms with van der Waals surface area (Å²) < 4.78 is 11.1. The van der Waals surface area contributed by atoms with Crippen molar-refractivity contribution in [2.45, 2.75) is 27.3 Å². The zero-order valence-electron chi connectivity index (χ0n) is 15.0. The van der Waals surface area contributed by atoms with Crippen LogP contribution in [-0.2, 0) is 6.54 Å². The molecular weight excluding hydrogens is 348 g/mol. The van der Waals surface area contributed by atoms with Crippen LogP contribution >= 0.6 is 11.3 Å². The number of amides is 1. The second-order valence-electron chi connectivity index (χ2n) is 6.48. The number of benzene rings is 1. The van der Waals surface area contributed by atoms with Crippen molar-refractivity contribution in [3.05, 3.63) is 51.5 Å². The van der Waals surface area contributed by atoms with Gasteiger partial charge in [-0.15, -0.1) is 11.3 Å². The molecule has 2 aromatic heterocycles. The number of hydrogen-bond donors (Lipinski definition) is 1. The SMILES string of the molecule is Cc1cc(C)c2c(C)c(C(=O)NCc3ccc4c(c3)OCCO4)sc2n1. The summed E-state index contributed by atoms with van der Waals surface area (Å²) in [5, 5.41) is 4.09. The standard InChI is InChI=1S/C20H20N2O3S/c1-11-8-12(2)22-20-17(11)13(3)18(26-20)19(23)21-10-14-4-5-15-16(9-14)25-7-6-24-15/h4-5,8-9H,6-7,10H2,1-3H3,(H,21,23). The van der Waals surface area contributed by atoms with Gasteiger partial charge in [0.15, 0.2) is 11.5 Å². The number of nitrogens with zero attached hydrogens (tertiary/aromatic N) is 1. The van der Waals surface area contributed by atoms with E-state index in [4.69, 9.17) is 9.47 Å². The number of nitrogens with one attached hydrogen (secondary N) is 1. The molecule has 5 nitrogen and oxygen atoms in total. The molecule has 0 fully saturated rings. The topological polar surface area (TPSA) is 60.5 Å². The summed E-state index contributed by atoms with van der Waals surface area (Å²) in [5.74, 6) is 1.41. The van der Waals surface area contributed by atoms with Crippen molar-refractivity contribution in [1.29, 1.82) is 0 Å². The highest BCUT2D eigenvalue weighted by Crippen LogP contribution is 2.33. The molecule has 1 aliphatic heterocycles. The van der Waals surface area contributed by atoms with Gasteiger partial charge in [-0.25, -0.2) is 4.98 Å². The van der Waals surface area contributed by atoms with Gasteiger partial charge in [0.05, 0.1) is 4.88 Å². The number of rotatable bonds is 3. The van der Waals surface area contributed by atoms with Crippen LogP contribution in [0.2, 0.25) is 0 Å². The van der Waals surface area contributed by atoms with E-state index in [1.54, 1.807) is 0 Å². The van der Waals surface area contributed by atoms with E-state index < -0.39 is 0 Å². The molecule has 1 N–H and O–H groups in total. The van der Waals surface area contributed by atoms with E-state index in [0.29, 0.717) is 19.8 Å². The van der Waals surface area contributed by atoms with E-state index >= 15 is 0 Å². The number of pyridine rings is 1. The lowest BCUT2D eigenvalue weighted by atomic mass is 10.1. The third-order valence-electron chi connectivity index (χ3n) is 4.49. The second-order valence-corrected chi connectivity index (χ2v) is 7.48. The first-order valence-electron chi connectivity index (χ1n) is 8.57. The minimum absolute atomic E-state index is 0.0718. The van der Waals surface area contributed by atoms with Gasteiger partial charge in [0.1, 0.15) is 18.0 Å². The molecule has 3 aromatic rings. The summed E-state index contributed by atoms with van der Waals surface area (Å²) in [5.41, 5.74) is 4.10. The fourth-order valence-electron chi connectivity index (χ4n) is 3.30. The molecule has 1 aliphatic rings.